The van der Waals surface area contributed by atoms with Crippen LogP contribution in [0.4, 0.5) is 20.7 Å². The van der Waals surface area contributed by atoms with E-state index in [1.165, 1.54) is 11.0 Å². The van der Waals surface area contributed by atoms with Crippen LogP contribution in [0.1, 0.15) is 27.2 Å². The van der Waals surface area contributed by atoms with Gasteiger partial charge < -0.3 is 9.64 Å². The molecule has 2 saturated heterocycles. The number of carbonyl (C=O) groups excluding carboxylic acids is 3. The zero-order valence-electron chi connectivity index (χ0n) is 19.4. The molecule has 0 unspecified atom stereocenters. The summed E-state index contributed by atoms with van der Waals surface area (Å²) in [5.74, 6) is -0.693. The topological polar surface area (TPSA) is 100 Å². The van der Waals surface area contributed by atoms with Gasteiger partial charge in [-0.1, -0.05) is 0 Å². The molecule has 2 aliphatic rings. The van der Waals surface area contributed by atoms with Gasteiger partial charge in [0, 0.05) is 51.6 Å². The predicted octanol–water partition coefficient (Wildman–Crippen LogP) is 1.62. The maximum Gasteiger partial charge on any atom is 0.329 e. The minimum Gasteiger partial charge on any atom is -0.459 e. The van der Waals surface area contributed by atoms with E-state index >= 15 is 4.39 Å². The fourth-order valence-corrected chi connectivity index (χ4v) is 4.16. The van der Waals surface area contributed by atoms with Crippen molar-refractivity contribution in [2.75, 3.05) is 49.1 Å². The van der Waals surface area contributed by atoms with Crippen LogP contribution in [0.2, 0.25) is 0 Å². The number of benzene rings is 1. The van der Waals surface area contributed by atoms with Gasteiger partial charge in [-0.15, -0.1) is 0 Å². The maximum atomic E-state index is 15.2. The second-order valence-electron chi connectivity index (χ2n) is 9.37. The monoisotopic (exact) mass is 460 g/mol. The highest BCUT2D eigenvalue weighted by Gasteiger charge is 2.29. The molecular weight excluding hydrogens is 431 g/mol. The normalized spacial score (nSPS) is 18.1. The highest BCUT2D eigenvalue weighted by atomic mass is 19.1. The number of urea groups is 1. The first-order valence-corrected chi connectivity index (χ1v) is 11.0. The fraction of sp³-hybridized carbons (Fsp3) is 0.545. The molecule has 1 N–H and O–H groups in total. The Balaban J connectivity index is 1.49. The molecule has 0 atom stereocenters. The number of esters is 1. The first-order chi connectivity index (χ1) is 15.5. The molecule has 178 valence electrons. The van der Waals surface area contributed by atoms with Crippen molar-refractivity contribution in [3.8, 4) is 0 Å². The largest absolute Gasteiger partial charge is 0.459 e. The summed E-state index contributed by atoms with van der Waals surface area (Å²) in [4.78, 5) is 41.1. The van der Waals surface area contributed by atoms with Crippen molar-refractivity contribution in [2.24, 2.45) is 7.05 Å². The van der Waals surface area contributed by atoms with Crippen molar-refractivity contribution >= 4 is 40.3 Å². The molecule has 0 saturated carbocycles. The lowest BCUT2D eigenvalue weighted by Gasteiger charge is -2.36. The van der Waals surface area contributed by atoms with Crippen LogP contribution in [-0.4, -0.2) is 77.5 Å². The summed E-state index contributed by atoms with van der Waals surface area (Å²) in [5, 5.41) is 7.19. The van der Waals surface area contributed by atoms with Gasteiger partial charge in [0.1, 0.15) is 11.4 Å². The standard InChI is InChI=1S/C22H29FN6O4/c1-22(2,3)33-19(31)13-27-7-9-28(10-8-27)17-12-16-14(11-15(17)23)20(25-26(16)4)29-6-5-18(30)24-21(29)32/h11-12H,5-10,13H2,1-4H3,(H,24,30,32). The third-order valence-corrected chi connectivity index (χ3v) is 5.69. The zero-order valence-corrected chi connectivity index (χ0v) is 19.4. The molecule has 1 aromatic heterocycles. The van der Waals surface area contributed by atoms with Crippen LogP contribution in [0, 0.1) is 5.82 Å². The molecule has 2 fully saturated rings. The number of ether oxygens (including phenoxy) is 1. The van der Waals surface area contributed by atoms with Gasteiger partial charge in [-0.05, 0) is 32.9 Å². The van der Waals surface area contributed by atoms with Crippen molar-refractivity contribution in [3.05, 3.63) is 17.9 Å². The third-order valence-electron chi connectivity index (χ3n) is 5.69. The molecule has 10 nitrogen and oxygen atoms in total. The van der Waals surface area contributed by atoms with Crippen LogP contribution in [-0.2, 0) is 21.4 Å². The summed E-state index contributed by atoms with van der Waals surface area (Å²) in [5.41, 5.74) is 0.610. The smallest absolute Gasteiger partial charge is 0.329 e. The first kappa shape index (κ1) is 23.0. The Kier molecular flexibility index (Phi) is 6.00. The van der Waals surface area contributed by atoms with Gasteiger partial charge in [0.2, 0.25) is 5.91 Å². The zero-order chi connectivity index (χ0) is 23.9. The number of aromatic nitrogens is 2. The Morgan fingerprint density at radius 1 is 1.15 bits per heavy atom. The number of nitrogens with one attached hydrogen (secondary N) is 1. The maximum absolute atomic E-state index is 15.2. The van der Waals surface area contributed by atoms with Crippen molar-refractivity contribution in [1.82, 2.24) is 20.0 Å². The number of fused-ring (bicyclic) bond motifs is 1. The third kappa shape index (κ3) is 4.92. The molecule has 0 radical (unpaired) electrons. The minimum absolute atomic E-state index is 0.165. The second-order valence-corrected chi connectivity index (χ2v) is 9.37. The SMILES string of the molecule is Cn1nc(N2CCC(=O)NC2=O)c2cc(F)c(N3CCN(CC(=O)OC(C)(C)C)CC3)cc21. The molecule has 2 aromatic rings. The highest BCUT2D eigenvalue weighted by molar-refractivity contribution is 6.09. The molecule has 4 rings (SSSR count). The van der Waals surface area contributed by atoms with E-state index in [-0.39, 0.29) is 31.4 Å². The molecule has 3 amide bonds. The number of piperazine rings is 1. The lowest BCUT2D eigenvalue weighted by molar-refractivity contribution is -0.156. The van der Waals surface area contributed by atoms with E-state index in [9.17, 15) is 14.4 Å². The van der Waals surface area contributed by atoms with Gasteiger partial charge in [-0.25, -0.2) is 9.18 Å². The average molecular weight is 461 g/mol. The first-order valence-electron chi connectivity index (χ1n) is 11.0. The number of anilines is 2. The predicted molar refractivity (Wildman–Crippen MR) is 121 cm³/mol. The molecule has 1 aromatic carbocycles. The quantitative estimate of drug-likeness (QED) is 0.692. The van der Waals surface area contributed by atoms with E-state index in [1.807, 2.05) is 30.6 Å². The number of amides is 3. The average Bonchev–Trinajstić information content (AvgIpc) is 3.02. The molecule has 0 aliphatic carbocycles. The molecular formula is C22H29FN6O4. The number of aryl methyl sites for hydroxylation is 1. The summed E-state index contributed by atoms with van der Waals surface area (Å²) >= 11 is 0. The summed E-state index contributed by atoms with van der Waals surface area (Å²) in [6.45, 7) is 8.25. The summed E-state index contributed by atoms with van der Waals surface area (Å²) in [6.07, 6.45) is 0.165. The Bertz CT molecular complexity index is 1100. The molecule has 2 aliphatic heterocycles. The van der Waals surface area contributed by atoms with E-state index < -0.39 is 17.4 Å². The number of carbonyl (C=O) groups is 3. The van der Waals surface area contributed by atoms with Gasteiger partial charge in [0.05, 0.1) is 17.7 Å². The summed E-state index contributed by atoms with van der Waals surface area (Å²) in [7, 11) is 1.74. The second kappa shape index (κ2) is 8.62. The van der Waals surface area contributed by atoms with Crippen LogP contribution in [0.15, 0.2) is 12.1 Å². The van der Waals surface area contributed by atoms with E-state index in [4.69, 9.17) is 4.74 Å². The lowest BCUT2D eigenvalue weighted by Crippen LogP contribution is -2.49. The number of rotatable bonds is 4. The Labute approximate surface area is 191 Å². The summed E-state index contributed by atoms with van der Waals surface area (Å²) in [6, 6.07) is 2.57. The van der Waals surface area contributed by atoms with E-state index in [2.05, 4.69) is 10.4 Å². The van der Waals surface area contributed by atoms with Crippen molar-refractivity contribution < 1.29 is 23.5 Å². The number of nitrogens with zero attached hydrogens (tertiary/aromatic N) is 5. The van der Waals surface area contributed by atoms with Gasteiger partial charge in [0.25, 0.3) is 0 Å². The van der Waals surface area contributed by atoms with E-state index in [1.54, 1.807) is 17.8 Å². The van der Waals surface area contributed by atoms with Gasteiger partial charge in [-0.3, -0.25) is 29.4 Å². The van der Waals surface area contributed by atoms with Crippen molar-refractivity contribution in [2.45, 2.75) is 32.8 Å². The number of halogens is 1. The van der Waals surface area contributed by atoms with Gasteiger partial charge >= 0.3 is 12.0 Å². The highest BCUT2D eigenvalue weighted by Crippen LogP contribution is 2.33. The molecule has 33 heavy (non-hydrogen) atoms. The number of hydrogen-bond donors (Lipinski definition) is 1. The number of imide groups is 1. The molecule has 0 bridgehead atoms. The lowest BCUT2D eigenvalue weighted by atomic mass is 10.1. The van der Waals surface area contributed by atoms with Crippen LogP contribution in [0.5, 0.6) is 0 Å². The van der Waals surface area contributed by atoms with E-state index in [0.717, 1.165) is 0 Å². The van der Waals surface area contributed by atoms with Gasteiger partial charge in [0.15, 0.2) is 5.82 Å². The van der Waals surface area contributed by atoms with Crippen molar-refractivity contribution in [3.63, 3.8) is 0 Å². The van der Waals surface area contributed by atoms with Gasteiger partial charge in [-0.2, -0.15) is 5.10 Å². The van der Waals surface area contributed by atoms with Crippen molar-refractivity contribution in [1.29, 1.82) is 0 Å². The van der Waals surface area contributed by atoms with Crippen LogP contribution >= 0.6 is 0 Å². The molecule has 3 heterocycles. The summed E-state index contributed by atoms with van der Waals surface area (Å²) < 4.78 is 22.2. The van der Waals surface area contributed by atoms with Crippen LogP contribution in [0.25, 0.3) is 10.9 Å². The van der Waals surface area contributed by atoms with E-state index in [0.29, 0.717) is 48.6 Å². The minimum atomic E-state index is -0.558. The molecule has 11 heteroatoms. The number of hydrogen-bond acceptors (Lipinski definition) is 7. The Hall–Kier alpha value is -3.21. The fourth-order valence-electron chi connectivity index (χ4n) is 4.16. The Morgan fingerprint density at radius 2 is 1.85 bits per heavy atom. The van der Waals surface area contributed by atoms with Crippen LogP contribution < -0.4 is 15.1 Å². The molecule has 0 spiro atoms. The Morgan fingerprint density at radius 3 is 2.48 bits per heavy atom. The van der Waals surface area contributed by atoms with Crippen LogP contribution in [0.3, 0.4) is 0 Å².